The number of rotatable bonds is 30. The van der Waals surface area contributed by atoms with E-state index >= 15 is 0 Å². The average molecular weight is 1730 g/mol. The number of ether oxygens (including phenoxy) is 2. The van der Waals surface area contributed by atoms with Crippen LogP contribution in [0, 0.1) is 23.5 Å². The number of pyridine rings is 4. The predicted molar refractivity (Wildman–Crippen MR) is 464 cm³/mol. The SMILES string of the molecule is CCCCN(Cc1nc2cccnc2n1C1CCCC1)C(=O)c1ccc(OC)c(F)c1.CCCCN(Cc1nc2cccnc2n1CCC)C(=O)c1ccc(F)c(Br)c1.CCCN(Cc1nc2cccnc2n1CC1CC1)C(=O)c1cc(Cl)ccc1Cl.COc1ccc(C(=O)N(Cc2nc3cccnc3n2C2CCCC2)CC(C)C)cc1Cl. The smallest absolute Gasteiger partial charge is 0.255 e. The van der Waals surface area contributed by atoms with Crippen LogP contribution in [0.3, 0.4) is 0 Å². The number of hydrogen-bond acceptors (Lipinski definition) is 14. The Morgan fingerprint density at radius 2 is 0.924 bits per heavy atom. The van der Waals surface area contributed by atoms with Gasteiger partial charge >= 0.3 is 0 Å². The summed E-state index contributed by atoms with van der Waals surface area (Å²) in [5, 5.41) is 1.33. The number of halogens is 6. The zero-order valence-electron chi connectivity index (χ0n) is 68.4. The van der Waals surface area contributed by atoms with Crippen molar-refractivity contribution in [1.29, 1.82) is 0 Å². The van der Waals surface area contributed by atoms with E-state index in [4.69, 9.17) is 64.2 Å². The molecule has 0 bridgehead atoms. The maximum atomic E-state index is 14.2. The molecule has 4 aromatic carbocycles. The highest BCUT2D eigenvalue weighted by Gasteiger charge is 2.32. The first kappa shape index (κ1) is 87.4. The van der Waals surface area contributed by atoms with Gasteiger partial charge in [0, 0.05) is 97.9 Å². The minimum atomic E-state index is -0.536. The molecule has 12 aromatic rings. The number of methoxy groups -OCH3 is 2. The average Bonchev–Trinajstić information content (AvgIpc) is 1.64. The van der Waals surface area contributed by atoms with Gasteiger partial charge in [-0.3, -0.25) is 19.2 Å². The topological polar surface area (TPSA) is 223 Å². The number of nitrogens with zero attached hydrogens (tertiary/aromatic N) is 16. The Bertz CT molecular complexity index is 5450. The van der Waals surface area contributed by atoms with Crippen LogP contribution in [-0.4, -0.2) is 142 Å². The fourth-order valence-corrected chi connectivity index (χ4v) is 16.4. The van der Waals surface area contributed by atoms with Gasteiger partial charge in [-0.05, 0) is 213 Å². The highest BCUT2D eigenvalue weighted by Crippen LogP contribution is 2.38. The molecular weight excluding hydrogens is 1630 g/mol. The lowest BCUT2D eigenvalue weighted by molar-refractivity contribution is 0.0711. The third-order valence-electron chi connectivity index (χ3n) is 21.4. The van der Waals surface area contributed by atoms with E-state index in [0.29, 0.717) is 119 Å². The number of imidazole rings is 4. The Morgan fingerprint density at radius 3 is 1.41 bits per heavy atom. The van der Waals surface area contributed by atoms with Gasteiger partial charge in [0.1, 0.15) is 56.9 Å². The van der Waals surface area contributed by atoms with E-state index in [1.54, 1.807) is 82.9 Å². The molecule has 3 saturated carbocycles. The van der Waals surface area contributed by atoms with E-state index in [0.717, 1.165) is 145 Å². The Labute approximate surface area is 711 Å². The van der Waals surface area contributed by atoms with Crippen LogP contribution in [0.15, 0.2) is 151 Å². The lowest BCUT2D eigenvalue weighted by Crippen LogP contribution is -2.35. The minimum Gasteiger partial charge on any atom is -0.495 e. The molecule has 0 aliphatic heterocycles. The van der Waals surface area contributed by atoms with Gasteiger partial charge in [-0.15, -0.1) is 0 Å². The van der Waals surface area contributed by atoms with E-state index in [1.165, 1.54) is 76.0 Å². The molecule has 4 amide bonds. The van der Waals surface area contributed by atoms with Crippen LogP contribution in [0.2, 0.25) is 15.1 Å². The second-order valence-electron chi connectivity index (χ2n) is 30.7. The highest BCUT2D eigenvalue weighted by atomic mass is 79.9. The third kappa shape index (κ3) is 21.5. The van der Waals surface area contributed by atoms with E-state index in [9.17, 15) is 28.0 Å². The molecule has 118 heavy (non-hydrogen) atoms. The molecule has 0 radical (unpaired) electrons. The normalized spacial score (nSPS) is 13.5. The van der Waals surface area contributed by atoms with E-state index in [-0.39, 0.29) is 39.7 Å². The van der Waals surface area contributed by atoms with E-state index < -0.39 is 5.82 Å². The quantitative estimate of drug-likeness (QED) is 0.0409. The van der Waals surface area contributed by atoms with Gasteiger partial charge in [0.2, 0.25) is 0 Å². The van der Waals surface area contributed by atoms with Gasteiger partial charge < -0.3 is 47.3 Å². The fourth-order valence-electron chi connectivity index (χ4n) is 15.4. The van der Waals surface area contributed by atoms with Crippen molar-refractivity contribution in [2.45, 2.75) is 196 Å². The Hall–Kier alpha value is -9.95. The number of fused-ring (bicyclic) bond motifs is 4. The third-order valence-corrected chi connectivity index (χ3v) is 22.9. The van der Waals surface area contributed by atoms with Gasteiger partial charge in [-0.1, -0.05) is 115 Å². The lowest BCUT2D eigenvalue weighted by Gasteiger charge is -2.26. The number of benzene rings is 4. The van der Waals surface area contributed by atoms with Crippen molar-refractivity contribution in [1.82, 2.24) is 77.7 Å². The van der Waals surface area contributed by atoms with Crippen molar-refractivity contribution >= 4 is 119 Å². The maximum Gasteiger partial charge on any atom is 0.255 e. The largest absolute Gasteiger partial charge is 0.495 e. The first-order valence-electron chi connectivity index (χ1n) is 41.2. The van der Waals surface area contributed by atoms with Crippen LogP contribution < -0.4 is 9.47 Å². The summed E-state index contributed by atoms with van der Waals surface area (Å²) in [4.78, 5) is 97.8. The fraction of sp³-hybridized carbons (Fsp3) is 0.422. The van der Waals surface area contributed by atoms with Crippen molar-refractivity contribution in [3.05, 3.63) is 223 Å². The van der Waals surface area contributed by atoms with E-state index in [2.05, 4.69) is 95.7 Å². The molecule has 622 valence electrons. The number of hydrogen-bond donors (Lipinski definition) is 0. The van der Waals surface area contributed by atoms with Crippen LogP contribution >= 0.6 is 50.7 Å². The van der Waals surface area contributed by atoms with Crippen LogP contribution in [0.4, 0.5) is 8.78 Å². The summed E-state index contributed by atoms with van der Waals surface area (Å²) in [6.45, 7) is 18.3. The summed E-state index contributed by atoms with van der Waals surface area (Å²) < 4.78 is 47.1. The summed E-state index contributed by atoms with van der Waals surface area (Å²) >= 11 is 21.8. The molecule has 0 atom stereocenters. The molecule has 28 heteroatoms. The molecular formula is C90H104BrCl3F2N16O6. The number of aromatic nitrogens is 12. The standard InChI is InChI=1S/C24H29ClN4O2.C24H29FN4O2.C21H24BrFN4O.C21H22Cl2N4O/c1-16(2)14-28(24(30)17-10-11-21(31-3)19(25)13-17)15-22-27-20-9-6-12-26-23(20)29(22)18-7-4-5-8-18;1-3-4-14-28(24(30)17-11-12-21(31-2)19(25)15-17)16-22-27-20-10-7-13-26-23(20)29(22)18-8-5-6-9-18;1-3-5-12-26(21(28)15-8-9-17(23)16(22)13-15)14-19-25-18-7-6-10-24-20(18)27(19)11-4-2;1-2-10-26(21(28)16-11-15(22)7-8-17(16)23)13-19-25-18-4-3-9-24-20(18)27(19)12-14-5-6-14/h6,9-13,16,18H,4-5,7-8,14-15H2,1-3H3;7,10-13,15,18H,3-6,8-9,14,16H2,1-2H3;6-10,13H,3-5,11-12,14H2,1-2H3;3-4,7-9,11,14H,2,5-6,10,12-13H2,1H3. The van der Waals surface area contributed by atoms with Crippen LogP contribution in [0.5, 0.6) is 11.5 Å². The lowest BCUT2D eigenvalue weighted by atomic mass is 10.1. The Balaban J connectivity index is 0.000000145. The van der Waals surface area contributed by atoms with Gasteiger partial charge in [0.25, 0.3) is 23.6 Å². The summed E-state index contributed by atoms with van der Waals surface area (Å²) in [6, 6.07) is 35.1. The van der Waals surface area contributed by atoms with Crippen LogP contribution in [0.1, 0.15) is 221 Å². The number of carbonyl (C=O) groups is 4. The van der Waals surface area contributed by atoms with Gasteiger partial charge in [0.15, 0.2) is 34.2 Å². The summed E-state index contributed by atoms with van der Waals surface area (Å²) in [5.74, 6) is 3.67. The second kappa shape index (κ2) is 41.6. The Morgan fingerprint density at radius 1 is 0.475 bits per heavy atom. The maximum absolute atomic E-state index is 14.2. The second-order valence-corrected chi connectivity index (χ2v) is 32.8. The predicted octanol–water partition coefficient (Wildman–Crippen LogP) is 21.0. The number of unbranched alkanes of at least 4 members (excludes halogenated alkanes) is 2. The van der Waals surface area contributed by atoms with Gasteiger partial charge in [0.05, 0.1) is 60.5 Å². The zero-order chi connectivity index (χ0) is 83.5. The van der Waals surface area contributed by atoms with Gasteiger partial charge in [-0.25, -0.2) is 48.7 Å². The molecule has 3 aliphatic rings. The summed E-state index contributed by atoms with van der Waals surface area (Å²) in [5.41, 5.74) is 8.69. The van der Waals surface area contributed by atoms with Crippen molar-refractivity contribution < 1.29 is 37.4 Å². The molecule has 0 spiro atoms. The summed E-state index contributed by atoms with van der Waals surface area (Å²) in [7, 11) is 2.98. The zero-order valence-corrected chi connectivity index (χ0v) is 72.3. The number of carbonyl (C=O) groups excluding carboxylic acids is 4. The molecule has 22 nitrogen and oxygen atoms in total. The minimum absolute atomic E-state index is 0.0590. The molecule has 3 aliphatic carbocycles. The van der Waals surface area contributed by atoms with Crippen molar-refractivity contribution in [3.8, 4) is 11.5 Å². The van der Waals surface area contributed by atoms with Crippen LogP contribution in [-0.2, 0) is 39.3 Å². The molecule has 0 N–H and O–H groups in total. The first-order chi connectivity index (χ1) is 57.2. The monoisotopic (exact) mass is 1730 g/mol. The molecule has 3 fully saturated rings. The summed E-state index contributed by atoms with van der Waals surface area (Å²) in [6.07, 6.45) is 24.4. The Kier molecular flexibility index (Phi) is 30.8. The first-order valence-corrected chi connectivity index (χ1v) is 43.1. The molecule has 0 saturated heterocycles. The molecule has 8 heterocycles. The number of amides is 4. The number of aryl methyl sites for hydroxylation is 1. The van der Waals surface area contributed by atoms with Crippen molar-refractivity contribution in [3.63, 3.8) is 0 Å². The molecule has 8 aromatic heterocycles. The van der Waals surface area contributed by atoms with Crippen molar-refractivity contribution in [2.24, 2.45) is 11.8 Å². The van der Waals surface area contributed by atoms with Crippen molar-refractivity contribution in [2.75, 3.05) is 40.4 Å². The van der Waals surface area contributed by atoms with Gasteiger partial charge in [-0.2, -0.15) is 0 Å². The highest BCUT2D eigenvalue weighted by molar-refractivity contribution is 9.10. The van der Waals surface area contributed by atoms with E-state index in [1.807, 2.05) is 59.6 Å². The molecule has 0 unspecified atom stereocenters. The molecule has 15 rings (SSSR count). The van der Waals surface area contributed by atoms with Crippen LogP contribution in [0.25, 0.3) is 44.7 Å².